The number of hydrogen-bond donors (Lipinski definition) is 2. The van der Waals surface area contributed by atoms with Crippen LogP contribution in [0.2, 0.25) is 0 Å². The molecule has 0 atom stereocenters. The molecule has 0 aromatic carbocycles. The molecule has 0 aromatic heterocycles. The van der Waals surface area contributed by atoms with E-state index in [1.54, 1.807) is 0 Å². The second kappa shape index (κ2) is 16.2. The molecule has 2 N–H and O–H groups in total. The Kier molecular flexibility index (Phi) is 15.4. The van der Waals surface area contributed by atoms with Gasteiger partial charge in [0.1, 0.15) is 0 Å². The van der Waals surface area contributed by atoms with Gasteiger partial charge in [-0.3, -0.25) is 9.59 Å². The maximum Gasteiger partial charge on any atom is 0.305 e. The first kappa shape index (κ1) is 20.9. The van der Waals surface area contributed by atoms with Crippen LogP contribution in [-0.4, -0.2) is 48.6 Å². The van der Waals surface area contributed by atoms with E-state index in [9.17, 15) is 9.59 Å². The molecule has 0 saturated heterocycles. The zero-order valence-electron chi connectivity index (χ0n) is 13.4. The van der Waals surface area contributed by atoms with Gasteiger partial charge in [0.05, 0.1) is 13.2 Å². The van der Waals surface area contributed by atoms with Crippen LogP contribution in [0.4, 0.5) is 0 Å². The molecule has 0 spiro atoms. The minimum Gasteiger partial charge on any atom is -0.466 e. The number of hydrogen-bond acceptors (Lipinski definition) is 6. The normalized spacial score (nSPS) is 10.5. The van der Waals surface area contributed by atoms with E-state index in [4.69, 9.17) is 19.7 Å². The largest absolute Gasteiger partial charge is 0.466 e. The Labute approximate surface area is 132 Å². The van der Waals surface area contributed by atoms with E-state index in [0.29, 0.717) is 38.9 Å². The third-order valence-electron chi connectivity index (χ3n) is 3.14. The predicted octanol–water partition coefficient (Wildman–Crippen LogP) is 1.96. The Morgan fingerprint density at radius 2 is 1.00 bits per heavy atom. The van der Waals surface area contributed by atoms with Crippen LogP contribution in [0, 0.1) is 0 Å². The predicted molar refractivity (Wildman–Crippen MR) is 82.3 cm³/mol. The number of esters is 2. The zero-order valence-corrected chi connectivity index (χ0v) is 13.4. The van der Waals surface area contributed by atoms with Crippen molar-refractivity contribution in [3.05, 3.63) is 0 Å². The van der Waals surface area contributed by atoms with Gasteiger partial charge in [-0.15, -0.1) is 0 Å². The van der Waals surface area contributed by atoms with Gasteiger partial charge in [-0.25, -0.2) is 0 Å². The highest BCUT2D eigenvalue weighted by Gasteiger charge is 2.04. The van der Waals surface area contributed by atoms with Crippen LogP contribution >= 0.6 is 0 Å². The molecule has 0 saturated carbocycles. The summed E-state index contributed by atoms with van der Waals surface area (Å²) in [6.07, 6.45) is 6.74. The summed E-state index contributed by atoms with van der Waals surface area (Å²) in [7, 11) is 0. The summed E-state index contributed by atoms with van der Waals surface area (Å²) in [5.41, 5.74) is 0. The molecular weight excluding hydrogens is 288 g/mol. The molecule has 6 heteroatoms. The molecule has 0 fully saturated rings. The molecule has 0 aliphatic carbocycles. The second-order valence-corrected chi connectivity index (χ2v) is 5.22. The van der Waals surface area contributed by atoms with E-state index in [1.807, 2.05) is 0 Å². The zero-order chi connectivity index (χ0) is 16.5. The maximum atomic E-state index is 11.3. The van der Waals surface area contributed by atoms with E-state index >= 15 is 0 Å². The summed E-state index contributed by atoms with van der Waals surface area (Å²) >= 11 is 0. The second-order valence-electron chi connectivity index (χ2n) is 5.22. The van der Waals surface area contributed by atoms with Crippen molar-refractivity contribution in [3.63, 3.8) is 0 Å². The summed E-state index contributed by atoms with van der Waals surface area (Å²) in [6.45, 7) is 1.03. The summed E-state index contributed by atoms with van der Waals surface area (Å²) in [5.74, 6) is -0.419. The maximum absolute atomic E-state index is 11.3. The number of aliphatic hydroxyl groups excluding tert-OH is 2. The Hall–Kier alpha value is -1.14. The fourth-order valence-corrected chi connectivity index (χ4v) is 1.84. The van der Waals surface area contributed by atoms with Gasteiger partial charge < -0.3 is 19.7 Å². The Bertz CT molecular complexity index is 252. The minimum absolute atomic E-state index is 0.162. The SMILES string of the molecule is O=C(CCCCCO)OCCCCOC(=O)CCCCCO. The number of carbonyl (C=O) groups is 2. The quantitative estimate of drug-likeness (QED) is 0.354. The van der Waals surface area contributed by atoms with Crippen LogP contribution in [0.1, 0.15) is 64.2 Å². The Morgan fingerprint density at radius 3 is 1.36 bits per heavy atom. The summed E-state index contributed by atoms with van der Waals surface area (Å²) in [4.78, 5) is 22.7. The first-order chi connectivity index (χ1) is 10.7. The molecule has 0 aliphatic rings. The van der Waals surface area contributed by atoms with Crippen molar-refractivity contribution in [1.82, 2.24) is 0 Å². The van der Waals surface area contributed by atoms with Crippen LogP contribution in [-0.2, 0) is 19.1 Å². The molecule has 130 valence electrons. The average molecular weight is 318 g/mol. The standard InChI is InChI=1S/C16H30O6/c17-11-5-1-3-9-15(19)21-13-7-8-14-22-16(20)10-4-2-6-12-18/h17-18H,1-14H2. The lowest BCUT2D eigenvalue weighted by Gasteiger charge is -2.06. The van der Waals surface area contributed by atoms with E-state index < -0.39 is 0 Å². The van der Waals surface area contributed by atoms with E-state index in [0.717, 1.165) is 38.5 Å². The van der Waals surface area contributed by atoms with Crippen molar-refractivity contribution in [2.24, 2.45) is 0 Å². The van der Waals surface area contributed by atoms with Gasteiger partial charge in [-0.05, 0) is 38.5 Å². The van der Waals surface area contributed by atoms with Crippen molar-refractivity contribution in [3.8, 4) is 0 Å². The lowest BCUT2D eigenvalue weighted by atomic mass is 10.2. The molecule has 0 rings (SSSR count). The number of rotatable bonds is 15. The molecule has 0 heterocycles. The number of carbonyl (C=O) groups excluding carboxylic acids is 2. The van der Waals surface area contributed by atoms with Crippen LogP contribution in [0.5, 0.6) is 0 Å². The van der Waals surface area contributed by atoms with E-state index in [2.05, 4.69) is 0 Å². The van der Waals surface area contributed by atoms with Gasteiger partial charge in [0.2, 0.25) is 0 Å². The summed E-state index contributed by atoms with van der Waals surface area (Å²) in [6, 6.07) is 0. The third-order valence-corrected chi connectivity index (χ3v) is 3.14. The highest BCUT2D eigenvalue weighted by Crippen LogP contribution is 2.03. The van der Waals surface area contributed by atoms with Gasteiger partial charge >= 0.3 is 11.9 Å². The molecule has 0 aliphatic heterocycles. The van der Waals surface area contributed by atoms with Crippen molar-refractivity contribution in [2.75, 3.05) is 26.4 Å². The molecule has 0 amide bonds. The molecule has 0 aromatic rings. The molecule has 6 nitrogen and oxygen atoms in total. The smallest absolute Gasteiger partial charge is 0.305 e. The number of aliphatic hydroxyl groups is 2. The fourth-order valence-electron chi connectivity index (χ4n) is 1.84. The Balaban J connectivity index is 3.28. The molecule has 22 heavy (non-hydrogen) atoms. The topological polar surface area (TPSA) is 93.1 Å². The van der Waals surface area contributed by atoms with Crippen LogP contribution in [0.25, 0.3) is 0 Å². The lowest BCUT2D eigenvalue weighted by molar-refractivity contribution is -0.146. The van der Waals surface area contributed by atoms with Crippen LogP contribution in [0.15, 0.2) is 0 Å². The van der Waals surface area contributed by atoms with E-state index in [-0.39, 0.29) is 25.2 Å². The van der Waals surface area contributed by atoms with Crippen LogP contribution < -0.4 is 0 Å². The van der Waals surface area contributed by atoms with Gasteiger partial charge in [0.25, 0.3) is 0 Å². The Morgan fingerprint density at radius 1 is 0.591 bits per heavy atom. The van der Waals surface area contributed by atoms with Gasteiger partial charge in [0, 0.05) is 26.1 Å². The van der Waals surface area contributed by atoms with Crippen molar-refractivity contribution >= 4 is 11.9 Å². The first-order valence-electron chi connectivity index (χ1n) is 8.23. The van der Waals surface area contributed by atoms with Gasteiger partial charge in [-0.1, -0.05) is 12.8 Å². The highest BCUT2D eigenvalue weighted by atomic mass is 16.5. The molecular formula is C16H30O6. The lowest BCUT2D eigenvalue weighted by Crippen LogP contribution is -2.08. The summed E-state index contributed by atoms with van der Waals surface area (Å²) in [5, 5.41) is 17.2. The average Bonchev–Trinajstić information content (AvgIpc) is 2.51. The van der Waals surface area contributed by atoms with Crippen molar-refractivity contribution in [1.29, 1.82) is 0 Å². The molecule has 0 unspecified atom stereocenters. The molecule has 0 radical (unpaired) electrons. The third kappa shape index (κ3) is 15.3. The monoisotopic (exact) mass is 318 g/mol. The first-order valence-corrected chi connectivity index (χ1v) is 8.23. The minimum atomic E-state index is -0.209. The highest BCUT2D eigenvalue weighted by molar-refractivity contribution is 5.69. The number of ether oxygens (including phenoxy) is 2. The van der Waals surface area contributed by atoms with E-state index in [1.165, 1.54) is 0 Å². The number of unbranched alkanes of at least 4 members (excludes halogenated alkanes) is 5. The van der Waals surface area contributed by atoms with Crippen LogP contribution in [0.3, 0.4) is 0 Å². The molecule has 0 bridgehead atoms. The van der Waals surface area contributed by atoms with Crippen molar-refractivity contribution < 1.29 is 29.3 Å². The van der Waals surface area contributed by atoms with Crippen molar-refractivity contribution in [2.45, 2.75) is 64.2 Å². The fraction of sp³-hybridized carbons (Fsp3) is 0.875. The van der Waals surface area contributed by atoms with Gasteiger partial charge in [0.15, 0.2) is 0 Å². The summed E-state index contributed by atoms with van der Waals surface area (Å²) < 4.78 is 10.1. The van der Waals surface area contributed by atoms with Gasteiger partial charge in [-0.2, -0.15) is 0 Å².